The van der Waals surface area contributed by atoms with Crippen molar-refractivity contribution >= 4 is 5.91 Å². The third-order valence-electron chi connectivity index (χ3n) is 3.33. The molecular formula is C17H17F2NO. The molecule has 0 aliphatic heterocycles. The minimum atomic E-state index is -0.308. The van der Waals surface area contributed by atoms with Gasteiger partial charge in [0.05, 0.1) is 6.04 Å². The normalized spacial score (nSPS) is 12.0. The van der Waals surface area contributed by atoms with Crippen LogP contribution in [0.1, 0.15) is 30.5 Å². The van der Waals surface area contributed by atoms with Crippen molar-refractivity contribution in [1.29, 1.82) is 0 Å². The number of rotatable bonds is 5. The summed E-state index contributed by atoms with van der Waals surface area (Å²) in [6.45, 7) is 1.83. The molecule has 4 heteroatoms. The Morgan fingerprint density at radius 3 is 2.43 bits per heavy atom. The lowest BCUT2D eigenvalue weighted by atomic mass is 10.1. The fourth-order valence-electron chi connectivity index (χ4n) is 2.10. The summed E-state index contributed by atoms with van der Waals surface area (Å²) >= 11 is 0. The van der Waals surface area contributed by atoms with Crippen LogP contribution in [0.4, 0.5) is 8.78 Å². The van der Waals surface area contributed by atoms with E-state index in [4.69, 9.17) is 0 Å². The Kier molecular flexibility index (Phi) is 5.04. The molecule has 2 nitrogen and oxygen atoms in total. The van der Waals surface area contributed by atoms with Crippen LogP contribution in [0.3, 0.4) is 0 Å². The van der Waals surface area contributed by atoms with Gasteiger partial charge in [-0.1, -0.05) is 30.3 Å². The molecule has 0 radical (unpaired) electrons. The number of benzene rings is 2. The molecule has 2 rings (SSSR count). The van der Waals surface area contributed by atoms with E-state index >= 15 is 0 Å². The molecule has 0 aromatic heterocycles. The zero-order valence-electron chi connectivity index (χ0n) is 11.8. The highest BCUT2D eigenvalue weighted by Crippen LogP contribution is 2.14. The third-order valence-corrected chi connectivity index (χ3v) is 3.33. The van der Waals surface area contributed by atoms with E-state index in [2.05, 4.69) is 5.32 Å². The Bertz CT molecular complexity index is 610. The van der Waals surface area contributed by atoms with Gasteiger partial charge in [0.15, 0.2) is 0 Å². The Balaban J connectivity index is 1.87. The first-order valence-electron chi connectivity index (χ1n) is 6.84. The van der Waals surface area contributed by atoms with Gasteiger partial charge < -0.3 is 5.32 Å². The molecule has 2 aromatic rings. The van der Waals surface area contributed by atoms with Gasteiger partial charge in [-0.2, -0.15) is 0 Å². The number of amides is 1. The summed E-state index contributed by atoms with van der Waals surface area (Å²) in [5.74, 6) is -0.760. The highest BCUT2D eigenvalue weighted by Gasteiger charge is 2.10. The summed E-state index contributed by atoms with van der Waals surface area (Å²) in [5.41, 5.74) is 1.36. The van der Waals surface area contributed by atoms with E-state index in [0.717, 1.165) is 5.56 Å². The van der Waals surface area contributed by atoms with Gasteiger partial charge in [0, 0.05) is 6.42 Å². The molecule has 110 valence electrons. The van der Waals surface area contributed by atoms with Gasteiger partial charge in [0.25, 0.3) is 0 Å². The first-order chi connectivity index (χ1) is 10.1. The predicted octanol–water partition coefficient (Wildman–Crippen LogP) is 3.77. The zero-order chi connectivity index (χ0) is 15.2. The van der Waals surface area contributed by atoms with Crippen molar-refractivity contribution in [3.8, 4) is 0 Å². The van der Waals surface area contributed by atoms with Gasteiger partial charge in [-0.3, -0.25) is 4.79 Å². The average molecular weight is 289 g/mol. The van der Waals surface area contributed by atoms with E-state index < -0.39 is 0 Å². The van der Waals surface area contributed by atoms with E-state index in [0.29, 0.717) is 12.0 Å². The summed E-state index contributed by atoms with van der Waals surface area (Å²) in [7, 11) is 0. The topological polar surface area (TPSA) is 29.1 Å². The molecule has 0 fully saturated rings. The molecule has 1 atom stereocenters. The van der Waals surface area contributed by atoms with Crippen molar-refractivity contribution in [2.24, 2.45) is 0 Å². The van der Waals surface area contributed by atoms with Crippen molar-refractivity contribution in [3.05, 3.63) is 71.3 Å². The Hall–Kier alpha value is -2.23. The van der Waals surface area contributed by atoms with E-state index in [1.54, 1.807) is 30.3 Å². The Morgan fingerprint density at radius 1 is 1.10 bits per heavy atom. The average Bonchev–Trinajstić information content (AvgIpc) is 2.47. The number of carbonyl (C=O) groups excluding carboxylic acids is 1. The van der Waals surface area contributed by atoms with Gasteiger partial charge in [-0.25, -0.2) is 8.78 Å². The monoisotopic (exact) mass is 289 g/mol. The highest BCUT2D eigenvalue weighted by atomic mass is 19.1. The molecule has 0 bridgehead atoms. The van der Waals surface area contributed by atoms with Gasteiger partial charge in [-0.15, -0.1) is 0 Å². The number of carbonyl (C=O) groups is 1. The molecule has 0 saturated carbocycles. The largest absolute Gasteiger partial charge is 0.350 e. The van der Waals surface area contributed by atoms with Crippen molar-refractivity contribution in [1.82, 2.24) is 5.32 Å². The molecule has 0 heterocycles. The maximum atomic E-state index is 13.4. The first kappa shape index (κ1) is 15.2. The molecule has 0 spiro atoms. The van der Waals surface area contributed by atoms with Crippen LogP contribution in [0.2, 0.25) is 0 Å². The van der Waals surface area contributed by atoms with Crippen molar-refractivity contribution in [2.45, 2.75) is 25.8 Å². The molecule has 0 aliphatic carbocycles. The van der Waals surface area contributed by atoms with Crippen LogP contribution >= 0.6 is 0 Å². The lowest BCUT2D eigenvalue weighted by molar-refractivity contribution is -0.121. The number of nitrogens with one attached hydrogen (secondary N) is 1. The van der Waals surface area contributed by atoms with E-state index in [-0.39, 0.29) is 30.0 Å². The van der Waals surface area contributed by atoms with Gasteiger partial charge >= 0.3 is 0 Å². The molecule has 1 amide bonds. The SMILES string of the molecule is CC(NC(=O)CCc1ccccc1F)c1ccc(F)cc1. The Labute approximate surface area is 122 Å². The molecule has 2 aromatic carbocycles. The fourth-order valence-corrected chi connectivity index (χ4v) is 2.10. The van der Waals surface area contributed by atoms with Gasteiger partial charge in [-0.05, 0) is 42.7 Å². The van der Waals surface area contributed by atoms with Crippen LogP contribution in [0.5, 0.6) is 0 Å². The Morgan fingerprint density at radius 2 is 1.76 bits per heavy atom. The summed E-state index contributed by atoms with van der Waals surface area (Å²) in [5, 5.41) is 2.82. The summed E-state index contributed by atoms with van der Waals surface area (Å²) < 4.78 is 26.3. The number of hydrogen-bond donors (Lipinski definition) is 1. The lowest BCUT2D eigenvalue weighted by Gasteiger charge is -2.14. The number of halogens is 2. The maximum Gasteiger partial charge on any atom is 0.220 e. The smallest absolute Gasteiger partial charge is 0.220 e. The van der Waals surface area contributed by atoms with E-state index in [1.807, 2.05) is 6.92 Å². The van der Waals surface area contributed by atoms with Crippen LogP contribution in [0.15, 0.2) is 48.5 Å². The highest BCUT2D eigenvalue weighted by molar-refractivity contribution is 5.76. The van der Waals surface area contributed by atoms with E-state index in [9.17, 15) is 13.6 Å². The van der Waals surface area contributed by atoms with Crippen molar-refractivity contribution in [3.63, 3.8) is 0 Å². The van der Waals surface area contributed by atoms with Crippen molar-refractivity contribution in [2.75, 3.05) is 0 Å². The van der Waals surface area contributed by atoms with Crippen LogP contribution < -0.4 is 5.32 Å². The number of aryl methyl sites for hydroxylation is 1. The first-order valence-corrected chi connectivity index (χ1v) is 6.84. The molecule has 1 N–H and O–H groups in total. The second kappa shape index (κ2) is 6.97. The van der Waals surface area contributed by atoms with Crippen molar-refractivity contribution < 1.29 is 13.6 Å². The minimum Gasteiger partial charge on any atom is -0.350 e. The maximum absolute atomic E-state index is 13.4. The van der Waals surface area contributed by atoms with Crippen LogP contribution in [0, 0.1) is 11.6 Å². The molecule has 0 aliphatic rings. The molecule has 0 saturated heterocycles. The molecule has 1 unspecified atom stereocenters. The lowest BCUT2D eigenvalue weighted by Crippen LogP contribution is -2.26. The van der Waals surface area contributed by atoms with Gasteiger partial charge in [0.2, 0.25) is 5.91 Å². The van der Waals surface area contributed by atoms with E-state index in [1.165, 1.54) is 18.2 Å². The van der Waals surface area contributed by atoms with Crippen LogP contribution in [-0.4, -0.2) is 5.91 Å². The van der Waals surface area contributed by atoms with Crippen LogP contribution in [0.25, 0.3) is 0 Å². The van der Waals surface area contributed by atoms with Gasteiger partial charge in [0.1, 0.15) is 11.6 Å². The second-order valence-electron chi connectivity index (χ2n) is 4.93. The third kappa shape index (κ3) is 4.38. The quantitative estimate of drug-likeness (QED) is 0.892. The standard InChI is InChI=1S/C17H17F2NO/c1-12(13-6-9-15(18)10-7-13)20-17(21)11-8-14-4-2-3-5-16(14)19/h2-7,9-10,12H,8,11H2,1H3,(H,20,21). The zero-order valence-corrected chi connectivity index (χ0v) is 11.8. The number of hydrogen-bond acceptors (Lipinski definition) is 1. The minimum absolute atomic E-state index is 0.157. The summed E-state index contributed by atoms with van der Waals surface area (Å²) in [4.78, 5) is 11.9. The summed E-state index contributed by atoms with van der Waals surface area (Å²) in [6, 6.07) is 12.2. The predicted molar refractivity (Wildman–Crippen MR) is 77.7 cm³/mol. The summed E-state index contributed by atoms with van der Waals surface area (Å²) in [6.07, 6.45) is 0.571. The molecular weight excluding hydrogens is 272 g/mol. The molecule has 21 heavy (non-hydrogen) atoms. The second-order valence-corrected chi connectivity index (χ2v) is 4.93. The fraction of sp³-hybridized carbons (Fsp3) is 0.235. The van der Waals surface area contributed by atoms with Crippen LogP contribution in [-0.2, 0) is 11.2 Å².